The van der Waals surface area contributed by atoms with E-state index in [1.807, 2.05) is 24.3 Å². The van der Waals surface area contributed by atoms with E-state index in [-0.39, 0.29) is 29.6 Å². The molecule has 0 aliphatic heterocycles. The highest BCUT2D eigenvalue weighted by molar-refractivity contribution is 7.91. The number of anilines is 1. The van der Waals surface area contributed by atoms with Crippen LogP contribution in [-0.4, -0.2) is 63.7 Å². The van der Waals surface area contributed by atoms with E-state index >= 15 is 0 Å². The number of hydrogen-bond donors (Lipinski definition) is 2. The third kappa shape index (κ3) is 4.18. The number of fused-ring (bicyclic) bond motifs is 3. The molecular formula is C23H31N5O5S. The van der Waals surface area contributed by atoms with E-state index < -0.39 is 27.4 Å². The summed E-state index contributed by atoms with van der Waals surface area (Å²) in [6, 6.07) is 7.34. The number of likely N-dealkylation sites (N-methyl/N-ethyl adjacent to an activating group) is 1. The maximum absolute atomic E-state index is 13.3. The quantitative estimate of drug-likeness (QED) is 0.489. The highest BCUT2D eigenvalue weighted by Gasteiger charge is 2.42. The van der Waals surface area contributed by atoms with Crippen LogP contribution in [0.4, 0.5) is 10.6 Å². The molecule has 34 heavy (non-hydrogen) atoms. The summed E-state index contributed by atoms with van der Waals surface area (Å²) in [5.74, 6) is -0.398. The van der Waals surface area contributed by atoms with Crippen LogP contribution in [0.15, 0.2) is 29.4 Å². The van der Waals surface area contributed by atoms with Gasteiger partial charge in [-0.1, -0.05) is 37.5 Å². The number of pyridine rings is 1. The van der Waals surface area contributed by atoms with Crippen molar-refractivity contribution in [1.29, 1.82) is 0 Å². The Hall–Kier alpha value is -2.92. The number of sulfone groups is 1. The minimum Gasteiger partial charge on any atom is -0.465 e. The van der Waals surface area contributed by atoms with Crippen LogP contribution in [0.1, 0.15) is 46.0 Å². The molecule has 3 aromatic rings. The van der Waals surface area contributed by atoms with Gasteiger partial charge in [-0.25, -0.2) is 23.2 Å². The summed E-state index contributed by atoms with van der Waals surface area (Å²) < 4.78 is 33.6. The number of hydrogen-bond acceptors (Lipinski definition) is 7. The number of carbonyl (C=O) groups is 1. The van der Waals surface area contributed by atoms with Crippen LogP contribution in [-0.2, 0) is 21.1 Å². The van der Waals surface area contributed by atoms with Crippen molar-refractivity contribution < 1.29 is 23.1 Å². The van der Waals surface area contributed by atoms with Gasteiger partial charge in [-0.15, -0.1) is 0 Å². The number of rotatable bonds is 8. The Morgan fingerprint density at radius 1 is 1.21 bits per heavy atom. The highest BCUT2D eigenvalue weighted by Crippen LogP contribution is 2.39. The molecule has 1 aromatic carbocycles. The molecule has 2 heterocycles. The van der Waals surface area contributed by atoms with Gasteiger partial charge in [0.1, 0.15) is 5.52 Å². The second-order valence-electron chi connectivity index (χ2n) is 8.73. The number of nitrogens with two attached hydrogens (primary N) is 1. The Labute approximate surface area is 198 Å². The molecule has 11 heteroatoms. The number of imidazole rings is 1. The summed E-state index contributed by atoms with van der Waals surface area (Å²) in [4.78, 5) is 22.6. The Morgan fingerprint density at radius 3 is 2.56 bits per heavy atom. The molecule has 1 saturated carbocycles. The lowest BCUT2D eigenvalue weighted by Gasteiger charge is -2.45. The Balaban J connectivity index is 2.02. The van der Waals surface area contributed by atoms with Crippen molar-refractivity contribution in [1.82, 2.24) is 19.4 Å². The van der Waals surface area contributed by atoms with E-state index in [2.05, 4.69) is 9.97 Å². The second-order valence-corrected chi connectivity index (χ2v) is 10.6. The standard InChI is InChI=1S/C23H31N5O5S/c1-3-28(22(29)30)23(12-8-5-9-13-23)14-27-19-16-10-6-7-11-17(16)25-20(24)18(19)26-21(27)34(31,32)15-33-4-2/h6-7,10-11H,3-5,8-9,12-15H2,1-2H3,(H2,24,25)(H,29,30). The Bertz CT molecular complexity index is 1310. The normalized spacial score (nSPS) is 16.2. The van der Waals surface area contributed by atoms with E-state index in [0.717, 1.165) is 19.3 Å². The molecule has 10 nitrogen and oxygen atoms in total. The van der Waals surface area contributed by atoms with Crippen LogP contribution in [0.5, 0.6) is 0 Å². The van der Waals surface area contributed by atoms with Gasteiger partial charge < -0.3 is 25.0 Å². The summed E-state index contributed by atoms with van der Waals surface area (Å²) in [5, 5.41) is 10.6. The zero-order chi connectivity index (χ0) is 24.5. The van der Waals surface area contributed by atoms with Gasteiger partial charge in [-0.05, 0) is 32.8 Å². The van der Waals surface area contributed by atoms with Crippen LogP contribution in [0.25, 0.3) is 21.9 Å². The number of ether oxygens (including phenoxy) is 1. The molecule has 0 bridgehead atoms. The maximum Gasteiger partial charge on any atom is 0.407 e. The van der Waals surface area contributed by atoms with Crippen molar-refractivity contribution in [3.05, 3.63) is 24.3 Å². The molecule has 0 atom stereocenters. The summed E-state index contributed by atoms with van der Waals surface area (Å²) in [6.07, 6.45) is 2.99. The fourth-order valence-electron chi connectivity index (χ4n) is 5.16. The smallest absolute Gasteiger partial charge is 0.407 e. The highest BCUT2D eigenvalue weighted by atomic mass is 32.2. The SMILES string of the molecule is CCOCS(=O)(=O)c1nc2c(N)nc3ccccc3c2n1CC1(N(CC)C(=O)O)CCCCC1. The fraction of sp³-hybridized carbons (Fsp3) is 0.522. The van der Waals surface area contributed by atoms with E-state index in [4.69, 9.17) is 10.5 Å². The minimum absolute atomic E-state index is 0.128. The largest absolute Gasteiger partial charge is 0.465 e. The van der Waals surface area contributed by atoms with Gasteiger partial charge in [0.05, 0.1) is 16.6 Å². The zero-order valence-electron chi connectivity index (χ0n) is 19.5. The number of para-hydroxylation sites is 1. The number of benzene rings is 1. The van der Waals surface area contributed by atoms with Gasteiger partial charge in [0, 0.05) is 25.1 Å². The predicted octanol–water partition coefficient (Wildman–Crippen LogP) is 3.64. The first kappa shape index (κ1) is 24.2. The molecule has 0 saturated heterocycles. The van der Waals surface area contributed by atoms with Crippen molar-refractivity contribution in [3.8, 4) is 0 Å². The molecule has 1 aliphatic rings. The molecule has 184 valence electrons. The lowest BCUT2D eigenvalue weighted by molar-refractivity contribution is 0.0401. The summed E-state index contributed by atoms with van der Waals surface area (Å²) >= 11 is 0. The Kier molecular flexibility index (Phi) is 6.68. The van der Waals surface area contributed by atoms with Crippen molar-refractivity contribution in [2.75, 3.05) is 24.8 Å². The number of amides is 1. The summed E-state index contributed by atoms with van der Waals surface area (Å²) in [5.41, 5.74) is 6.92. The van der Waals surface area contributed by atoms with Crippen molar-refractivity contribution in [2.24, 2.45) is 0 Å². The summed E-state index contributed by atoms with van der Waals surface area (Å²) in [7, 11) is -3.95. The minimum atomic E-state index is -3.95. The van der Waals surface area contributed by atoms with E-state index in [9.17, 15) is 18.3 Å². The van der Waals surface area contributed by atoms with Gasteiger partial charge in [-0.3, -0.25) is 0 Å². The molecule has 0 spiro atoms. The van der Waals surface area contributed by atoms with Crippen LogP contribution in [0, 0.1) is 0 Å². The number of aromatic nitrogens is 3. The molecule has 3 N–H and O–H groups in total. The molecule has 1 aliphatic carbocycles. The van der Waals surface area contributed by atoms with E-state index in [1.165, 1.54) is 4.90 Å². The Morgan fingerprint density at radius 2 is 1.91 bits per heavy atom. The average molecular weight is 490 g/mol. The first-order valence-electron chi connectivity index (χ1n) is 11.6. The van der Waals surface area contributed by atoms with E-state index in [1.54, 1.807) is 18.4 Å². The number of nitrogen functional groups attached to an aromatic ring is 1. The summed E-state index contributed by atoms with van der Waals surface area (Å²) in [6.45, 7) is 4.21. The average Bonchev–Trinajstić information content (AvgIpc) is 3.19. The molecule has 0 radical (unpaired) electrons. The lowest BCUT2D eigenvalue weighted by atomic mass is 9.80. The zero-order valence-corrected chi connectivity index (χ0v) is 20.3. The van der Waals surface area contributed by atoms with Gasteiger partial charge in [-0.2, -0.15) is 0 Å². The molecule has 1 fully saturated rings. The van der Waals surface area contributed by atoms with Crippen LogP contribution >= 0.6 is 0 Å². The van der Waals surface area contributed by atoms with Crippen molar-refractivity contribution in [2.45, 2.75) is 63.2 Å². The second kappa shape index (κ2) is 9.38. The van der Waals surface area contributed by atoms with Gasteiger partial charge in [0.15, 0.2) is 11.8 Å². The van der Waals surface area contributed by atoms with Gasteiger partial charge in [0.25, 0.3) is 0 Å². The van der Waals surface area contributed by atoms with Crippen molar-refractivity contribution >= 4 is 43.7 Å². The first-order chi connectivity index (χ1) is 16.2. The third-order valence-corrected chi connectivity index (χ3v) is 8.00. The number of carboxylic acid groups (broad SMARTS) is 1. The van der Waals surface area contributed by atoms with Crippen LogP contribution < -0.4 is 5.73 Å². The van der Waals surface area contributed by atoms with Gasteiger partial charge in [0.2, 0.25) is 15.0 Å². The van der Waals surface area contributed by atoms with Crippen LogP contribution in [0.2, 0.25) is 0 Å². The number of nitrogens with zero attached hydrogens (tertiary/aromatic N) is 4. The molecule has 0 unspecified atom stereocenters. The molecule has 2 aromatic heterocycles. The fourth-order valence-corrected chi connectivity index (χ4v) is 6.37. The molecule has 4 rings (SSSR count). The molecular weight excluding hydrogens is 458 g/mol. The monoisotopic (exact) mass is 489 g/mol. The van der Waals surface area contributed by atoms with Crippen LogP contribution in [0.3, 0.4) is 0 Å². The van der Waals surface area contributed by atoms with E-state index in [0.29, 0.717) is 35.8 Å². The lowest BCUT2D eigenvalue weighted by Crippen LogP contribution is -2.55. The topological polar surface area (TPSA) is 141 Å². The predicted molar refractivity (Wildman–Crippen MR) is 129 cm³/mol. The maximum atomic E-state index is 13.3. The molecule has 1 amide bonds. The third-order valence-electron chi connectivity index (χ3n) is 6.65. The first-order valence-corrected chi connectivity index (χ1v) is 13.2. The van der Waals surface area contributed by atoms with Crippen molar-refractivity contribution in [3.63, 3.8) is 0 Å². The van der Waals surface area contributed by atoms with Gasteiger partial charge >= 0.3 is 6.09 Å².